The molecular formula is C59H86OSi. The van der Waals surface area contributed by atoms with Crippen LogP contribution < -0.4 is 0 Å². The van der Waals surface area contributed by atoms with Crippen LogP contribution in [-0.2, 0) is 37.9 Å². The molecular weight excluding hydrogens is 753 g/mol. The molecule has 1 atom stereocenters. The van der Waals surface area contributed by atoms with Gasteiger partial charge in [-0.2, -0.15) is 0 Å². The monoisotopic (exact) mass is 839 g/mol. The number of rotatable bonds is 6. The van der Waals surface area contributed by atoms with Gasteiger partial charge in [-0.3, -0.25) is 0 Å². The predicted octanol–water partition coefficient (Wildman–Crippen LogP) is 15.4. The van der Waals surface area contributed by atoms with E-state index >= 15 is 0 Å². The number of benzene rings is 3. The van der Waals surface area contributed by atoms with Gasteiger partial charge in [-0.15, -0.1) is 5.54 Å². The van der Waals surface area contributed by atoms with Crippen molar-refractivity contribution in [2.45, 2.75) is 227 Å². The first kappa shape index (κ1) is 51.9. The third-order valence-electron chi connectivity index (χ3n) is 13.1. The van der Waals surface area contributed by atoms with Crippen LogP contribution in [-0.4, -0.2) is 19.3 Å². The Morgan fingerprint density at radius 3 is 0.803 bits per heavy atom. The van der Waals surface area contributed by atoms with E-state index in [0.29, 0.717) is 16.6 Å². The highest BCUT2D eigenvalue weighted by Gasteiger charge is 2.42. The molecule has 0 aliphatic heterocycles. The average Bonchev–Trinajstić information content (AvgIpc) is 3.08. The van der Waals surface area contributed by atoms with Gasteiger partial charge in [0, 0.05) is 0 Å². The summed E-state index contributed by atoms with van der Waals surface area (Å²) in [4.78, 5) is 0. The van der Waals surface area contributed by atoms with Crippen molar-refractivity contribution in [3.8, 4) is 35.1 Å². The number of aliphatic hydroxyl groups excluding tert-OH is 1. The van der Waals surface area contributed by atoms with Crippen molar-refractivity contribution in [2.24, 2.45) is 0 Å². The molecule has 3 rings (SSSR count). The zero-order valence-corrected chi connectivity index (χ0v) is 44.5. The van der Waals surface area contributed by atoms with Crippen LogP contribution in [0, 0.1) is 35.1 Å². The third-order valence-corrected chi connectivity index (χ3v) is 19.4. The van der Waals surface area contributed by atoms with Crippen molar-refractivity contribution >= 4 is 8.07 Å². The van der Waals surface area contributed by atoms with Crippen LogP contribution in [0.15, 0.2) is 54.6 Å². The van der Waals surface area contributed by atoms with Gasteiger partial charge in [0.1, 0.15) is 13.5 Å². The van der Waals surface area contributed by atoms with Crippen LogP contribution in [0.2, 0.25) is 16.6 Å². The van der Waals surface area contributed by atoms with Gasteiger partial charge in [0.15, 0.2) is 6.10 Å². The summed E-state index contributed by atoms with van der Waals surface area (Å²) in [6, 6.07) is 21.8. The third kappa shape index (κ3) is 12.0. The van der Waals surface area contributed by atoms with Crippen LogP contribution in [0.5, 0.6) is 0 Å². The molecule has 2 heteroatoms. The molecule has 0 aliphatic carbocycles. The van der Waals surface area contributed by atoms with Gasteiger partial charge < -0.3 is 5.11 Å². The molecule has 0 spiro atoms. The van der Waals surface area contributed by atoms with Crippen molar-refractivity contribution in [3.63, 3.8) is 0 Å². The van der Waals surface area contributed by atoms with Crippen molar-refractivity contribution < 1.29 is 5.11 Å². The lowest BCUT2D eigenvalue weighted by atomic mass is 9.64. The van der Waals surface area contributed by atoms with E-state index in [1.54, 1.807) is 0 Å². The minimum atomic E-state index is -2.05. The second kappa shape index (κ2) is 17.9. The van der Waals surface area contributed by atoms with Gasteiger partial charge in [-0.1, -0.05) is 233 Å². The van der Waals surface area contributed by atoms with Gasteiger partial charge in [-0.05, 0) is 117 Å². The van der Waals surface area contributed by atoms with Gasteiger partial charge in [0.25, 0.3) is 0 Å². The molecule has 1 N–H and O–H groups in total. The lowest BCUT2D eigenvalue weighted by Gasteiger charge is -2.38. The Kier molecular flexibility index (Phi) is 15.3. The molecule has 61 heavy (non-hydrogen) atoms. The number of hydrogen-bond acceptors (Lipinski definition) is 1. The SMILES string of the molecule is CC(C)[Si](C#CC(O)C#CC#CC(c1cc(C(C)(C)C)cc(C(C)(C)C)c1)(c1cc(C(C)(C)C)cc(C(C)(C)C)c1)c1cc(C(C)(C)C)cc(C(C)(C)C)c1)(C(C)C)C(C)C. The molecule has 0 heterocycles. The fourth-order valence-electron chi connectivity index (χ4n) is 8.74. The molecule has 0 amide bonds. The Bertz CT molecular complexity index is 1920. The number of aliphatic hydroxyl groups is 1. The standard InChI is InChI=1S/C59H86OSi/c1-40(2)61(41(3)4,42(5)6)30-28-52(60)27-25-26-29-59(49-34-43(53(7,8)9)31-44(35-49)54(10,11)12,50-36-45(55(13,14)15)32-46(37-50)56(16,17)18)51-38-47(57(19,20)21)33-48(39-51)58(22,23)24/h31-42,52,60H,1-24H3. The Hall–Kier alpha value is -3.48. The van der Waals surface area contributed by atoms with E-state index in [4.69, 9.17) is 0 Å². The Labute approximate surface area is 378 Å². The second-order valence-corrected chi connectivity index (χ2v) is 30.8. The van der Waals surface area contributed by atoms with E-state index in [0.717, 1.165) is 16.7 Å². The van der Waals surface area contributed by atoms with E-state index in [9.17, 15) is 5.11 Å². The minimum Gasteiger partial charge on any atom is -0.369 e. The summed E-state index contributed by atoms with van der Waals surface area (Å²) in [6.07, 6.45) is -1.09. The second-order valence-electron chi connectivity index (χ2n) is 25.2. The molecule has 0 bridgehead atoms. The average molecular weight is 839 g/mol. The molecule has 0 radical (unpaired) electrons. The van der Waals surface area contributed by atoms with Crippen molar-refractivity contribution in [2.75, 3.05) is 0 Å². The quantitative estimate of drug-likeness (QED) is 0.149. The Morgan fingerprint density at radius 1 is 0.361 bits per heavy atom. The zero-order chi connectivity index (χ0) is 47.1. The predicted molar refractivity (Wildman–Crippen MR) is 272 cm³/mol. The van der Waals surface area contributed by atoms with Crippen LogP contribution in [0.4, 0.5) is 0 Å². The maximum absolute atomic E-state index is 11.4. The van der Waals surface area contributed by atoms with Crippen LogP contribution >= 0.6 is 0 Å². The van der Waals surface area contributed by atoms with Crippen molar-refractivity contribution in [3.05, 3.63) is 105 Å². The fourth-order valence-corrected chi connectivity index (χ4v) is 14.0. The largest absolute Gasteiger partial charge is 0.369 e. The normalized spacial score (nSPS) is 14.0. The highest BCUT2D eigenvalue weighted by molar-refractivity contribution is 6.90. The summed E-state index contributed by atoms with van der Waals surface area (Å²) in [5.41, 5.74) is 14.5. The Morgan fingerprint density at radius 2 is 0.590 bits per heavy atom. The van der Waals surface area contributed by atoms with E-state index in [-0.39, 0.29) is 32.5 Å². The lowest BCUT2D eigenvalue weighted by molar-refractivity contribution is 0.290. The molecule has 0 saturated carbocycles. The van der Waals surface area contributed by atoms with Gasteiger partial charge in [0.05, 0.1) is 0 Å². The zero-order valence-electron chi connectivity index (χ0n) is 43.5. The molecule has 1 nitrogen and oxygen atoms in total. The van der Waals surface area contributed by atoms with Crippen LogP contribution in [0.3, 0.4) is 0 Å². The minimum absolute atomic E-state index is 0.119. The van der Waals surface area contributed by atoms with E-state index in [1.807, 2.05) is 0 Å². The van der Waals surface area contributed by atoms with Crippen LogP contribution in [0.25, 0.3) is 0 Å². The van der Waals surface area contributed by atoms with Crippen molar-refractivity contribution in [1.29, 1.82) is 0 Å². The molecule has 0 saturated heterocycles. The van der Waals surface area contributed by atoms with Gasteiger partial charge in [-0.25, -0.2) is 0 Å². The maximum atomic E-state index is 11.4. The smallest absolute Gasteiger partial charge is 0.176 e. The molecule has 0 aliphatic rings. The summed E-state index contributed by atoms with van der Waals surface area (Å²) >= 11 is 0. The van der Waals surface area contributed by atoms with Gasteiger partial charge >= 0.3 is 0 Å². The summed E-state index contributed by atoms with van der Waals surface area (Å²) in [5, 5.41) is 11.4. The molecule has 3 aromatic carbocycles. The highest BCUT2D eigenvalue weighted by atomic mass is 28.3. The van der Waals surface area contributed by atoms with E-state index in [1.165, 1.54) is 33.4 Å². The topological polar surface area (TPSA) is 20.2 Å². The van der Waals surface area contributed by atoms with Crippen LogP contribution in [0.1, 0.15) is 216 Å². The fraction of sp³-hybridized carbons (Fsp3) is 0.593. The van der Waals surface area contributed by atoms with Crippen molar-refractivity contribution in [1.82, 2.24) is 0 Å². The lowest BCUT2D eigenvalue weighted by Crippen LogP contribution is -2.43. The first-order valence-corrected chi connectivity index (χ1v) is 25.3. The summed E-state index contributed by atoms with van der Waals surface area (Å²) in [6.45, 7) is 55.4. The molecule has 0 fully saturated rings. The molecule has 0 aromatic heterocycles. The first-order chi connectivity index (χ1) is 27.4. The maximum Gasteiger partial charge on any atom is 0.176 e. The molecule has 3 aromatic rings. The first-order valence-electron chi connectivity index (χ1n) is 23.1. The highest BCUT2D eigenvalue weighted by Crippen LogP contribution is 2.47. The summed E-state index contributed by atoms with van der Waals surface area (Å²) < 4.78 is 0. The molecule has 332 valence electrons. The molecule has 1 unspecified atom stereocenters. The van der Waals surface area contributed by atoms with E-state index < -0.39 is 19.6 Å². The summed E-state index contributed by atoms with van der Waals surface area (Å²) in [7, 11) is -2.05. The number of hydrogen-bond donors (Lipinski definition) is 1. The Balaban J connectivity index is 2.81. The van der Waals surface area contributed by atoms with E-state index in [2.05, 4.69) is 256 Å². The summed E-state index contributed by atoms with van der Waals surface area (Å²) in [5.74, 6) is 16.9. The van der Waals surface area contributed by atoms with Gasteiger partial charge in [0.2, 0.25) is 0 Å².